The molecule has 0 radical (unpaired) electrons. The molecule has 2 heterocycles. The molecule has 11 nitrogen and oxygen atoms in total. The van der Waals surface area contributed by atoms with E-state index in [1.54, 1.807) is 16.4 Å². The van der Waals surface area contributed by atoms with Gasteiger partial charge in [0.2, 0.25) is 11.1 Å². The van der Waals surface area contributed by atoms with Crippen molar-refractivity contribution in [2.45, 2.75) is 75.3 Å². The van der Waals surface area contributed by atoms with Gasteiger partial charge in [-0.2, -0.15) is 0 Å². The van der Waals surface area contributed by atoms with E-state index >= 15 is 0 Å². The molecule has 1 aliphatic heterocycles. The second-order valence-electron chi connectivity index (χ2n) is 11.3. The van der Waals surface area contributed by atoms with Crippen LogP contribution in [0.25, 0.3) is 11.1 Å². The minimum atomic E-state index is -0.804. The summed E-state index contributed by atoms with van der Waals surface area (Å²) < 4.78 is 14.6. The summed E-state index contributed by atoms with van der Waals surface area (Å²) in [4.78, 5) is 22.9. The molecular formula is C34H39N5O6S. The molecule has 1 amide bonds. The van der Waals surface area contributed by atoms with E-state index in [4.69, 9.17) is 14.6 Å². The maximum Gasteiger partial charge on any atom is 0.303 e. The Bertz CT molecular complexity index is 1580. The maximum atomic E-state index is 12.3. The molecule has 0 unspecified atom stereocenters. The lowest BCUT2D eigenvalue weighted by Gasteiger charge is -2.36. The van der Waals surface area contributed by atoms with Gasteiger partial charge in [0.15, 0.2) is 6.29 Å². The van der Waals surface area contributed by atoms with Gasteiger partial charge in [0.1, 0.15) is 0 Å². The highest BCUT2D eigenvalue weighted by Gasteiger charge is 2.32. The van der Waals surface area contributed by atoms with Crippen LogP contribution in [0.5, 0.6) is 0 Å². The van der Waals surface area contributed by atoms with Gasteiger partial charge in [-0.1, -0.05) is 84.9 Å². The molecule has 1 aromatic heterocycles. The number of ether oxygens (including phenoxy) is 2. The number of nitrogens with one attached hydrogen (secondary N) is 1. The van der Waals surface area contributed by atoms with E-state index in [-0.39, 0.29) is 31.1 Å². The lowest BCUT2D eigenvalue weighted by Crippen LogP contribution is -2.31. The molecule has 0 spiro atoms. The van der Waals surface area contributed by atoms with Gasteiger partial charge >= 0.3 is 5.97 Å². The first-order valence-corrected chi connectivity index (χ1v) is 16.4. The number of aliphatic hydroxyl groups excluding tert-OH is 1. The van der Waals surface area contributed by atoms with Crippen molar-refractivity contribution < 1.29 is 29.3 Å². The highest BCUT2D eigenvalue weighted by Crippen LogP contribution is 2.39. The monoisotopic (exact) mass is 645 g/mol. The topological polar surface area (TPSA) is 149 Å². The number of amides is 1. The number of benzene rings is 3. The van der Waals surface area contributed by atoms with E-state index in [1.165, 1.54) is 0 Å². The van der Waals surface area contributed by atoms with Crippen LogP contribution in [0.3, 0.4) is 0 Å². The van der Waals surface area contributed by atoms with Crippen molar-refractivity contribution in [2.75, 3.05) is 5.75 Å². The number of aliphatic hydroxyl groups is 1. The lowest BCUT2D eigenvalue weighted by atomic mass is 9.99. The summed E-state index contributed by atoms with van der Waals surface area (Å²) in [6, 6.07) is 24.0. The summed E-state index contributed by atoms with van der Waals surface area (Å²) in [6.07, 6.45) is 2.31. The number of carbonyl (C=O) groups excluding carboxylic acids is 1. The fourth-order valence-corrected chi connectivity index (χ4v) is 6.12. The Morgan fingerprint density at radius 3 is 2.41 bits per heavy atom. The van der Waals surface area contributed by atoms with Gasteiger partial charge < -0.3 is 25.0 Å². The van der Waals surface area contributed by atoms with Crippen molar-refractivity contribution in [1.29, 1.82) is 0 Å². The van der Waals surface area contributed by atoms with Crippen LogP contribution >= 0.6 is 11.8 Å². The van der Waals surface area contributed by atoms with Crippen molar-refractivity contribution in [3.8, 4) is 11.1 Å². The average molecular weight is 646 g/mol. The second kappa shape index (κ2) is 16.5. The highest BCUT2D eigenvalue weighted by molar-refractivity contribution is 7.99. The predicted octanol–water partition coefficient (Wildman–Crippen LogP) is 5.36. The molecule has 46 heavy (non-hydrogen) atoms. The Labute approximate surface area is 272 Å². The Hall–Kier alpha value is -4.10. The zero-order valence-corrected chi connectivity index (χ0v) is 26.6. The van der Waals surface area contributed by atoms with E-state index in [1.807, 2.05) is 73.8 Å². The first kappa shape index (κ1) is 33.3. The number of tetrazole rings is 1. The second-order valence-corrected chi connectivity index (χ2v) is 12.3. The quantitative estimate of drug-likeness (QED) is 0.114. The number of nitrogens with zero attached hydrogens (tertiary/aromatic N) is 4. The van der Waals surface area contributed by atoms with Gasteiger partial charge in [-0.3, -0.25) is 9.59 Å². The Kier molecular flexibility index (Phi) is 11.9. The van der Waals surface area contributed by atoms with Crippen LogP contribution in [0.1, 0.15) is 73.2 Å². The largest absolute Gasteiger partial charge is 0.481 e. The number of hydrogen-bond donors (Lipinski definition) is 3. The van der Waals surface area contributed by atoms with Crippen molar-refractivity contribution in [3.63, 3.8) is 0 Å². The van der Waals surface area contributed by atoms with Crippen molar-refractivity contribution >= 4 is 23.6 Å². The van der Waals surface area contributed by atoms with Gasteiger partial charge in [0, 0.05) is 44.2 Å². The molecule has 3 atom stereocenters. The number of unbranched alkanes of at least 4 members (excludes halogenated alkanes) is 2. The van der Waals surface area contributed by atoms with Crippen LogP contribution in [0.2, 0.25) is 0 Å². The SMILES string of the molecule is Cn1nnnc1SC[C@@H]1C[C@H](c2ccc(CO)cc2)O[C@H](c2ccc(-c3cccc(CNC(=O)CCCCCC(=O)O)c3)cc2)O1. The van der Waals surface area contributed by atoms with Crippen molar-refractivity contribution in [2.24, 2.45) is 7.05 Å². The van der Waals surface area contributed by atoms with Gasteiger partial charge in [0.05, 0.1) is 18.8 Å². The number of hydrogen-bond acceptors (Lipinski definition) is 9. The Morgan fingerprint density at radius 1 is 0.935 bits per heavy atom. The third-order valence-electron chi connectivity index (χ3n) is 7.82. The number of carboxylic acids is 1. The fourth-order valence-electron chi connectivity index (χ4n) is 5.25. The third kappa shape index (κ3) is 9.46. The van der Waals surface area contributed by atoms with E-state index in [0.717, 1.165) is 45.0 Å². The number of rotatable bonds is 15. The molecule has 1 aliphatic rings. The Morgan fingerprint density at radius 2 is 1.70 bits per heavy atom. The summed E-state index contributed by atoms with van der Waals surface area (Å²) in [5.41, 5.74) is 5.84. The zero-order chi connectivity index (χ0) is 32.3. The minimum Gasteiger partial charge on any atom is -0.481 e. The molecule has 0 aliphatic carbocycles. The van der Waals surface area contributed by atoms with E-state index < -0.39 is 12.3 Å². The Balaban J connectivity index is 1.22. The van der Waals surface area contributed by atoms with Crippen LogP contribution < -0.4 is 5.32 Å². The van der Waals surface area contributed by atoms with Gasteiger partial charge in [0.25, 0.3) is 0 Å². The van der Waals surface area contributed by atoms with Crippen LogP contribution in [-0.4, -0.2) is 54.2 Å². The van der Waals surface area contributed by atoms with E-state index in [9.17, 15) is 14.7 Å². The minimum absolute atomic E-state index is 0.00991. The first-order valence-electron chi connectivity index (χ1n) is 15.4. The molecule has 3 N–H and O–H groups in total. The average Bonchev–Trinajstić information content (AvgIpc) is 3.50. The predicted molar refractivity (Wildman–Crippen MR) is 172 cm³/mol. The molecule has 3 aromatic carbocycles. The fraction of sp³-hybridized carbons (Fsp3) is 0.382. The molecule has 5 rings (SSSR count). The van der Waals surface area contributed by atoms with Crippen LogP contribution in [-0.2, 0) is 39.3 Å². The van der Waals surface area contributed by atoms with Crippen LogP contribution in [0.15, 0.2) is 78.0 Å². The molecule has 4 aromatic rings. The third-order valence-corrected chi connectivity index (χ3v) is 8.96. The van der Waals surface area contributed by atoms with Crippen LogP contribution in [0, 0.1) is 0 Å². The molecule has 1 saturated heterocycles. The number of thioether (sulfide) groups is 1. The lowest BCUT2D eigenvalue weighted by molar-refractivity contribution is -0.245. The maximum absolute atomic E-state index is 12.3. The summed E-state index contributed by atoms with van der Waals surface area (Å²) in [5, 5.41) is 33.6. The summed E-state index contributed by atoms with van der Waals surface area (Å²) in [7, 11) is 1.81. The summed E-state index contributed by atoms with van der Waals surface area (Å²) in [5.74, 6) is -0.183. The summed E-state index contributed by atoms with van der Waals surface area (Å²) >= 11 is 1.54. The zero-order valence-electron chi connectivity index (χ0n) is 25.7. The van der Waals surface area contributed by atoms with Crippen molar-refractivity contribution in [1.82, 2.24) is 25.5 Å². The molecule has 0 bridgehead atoms. The molecular weight excluding hydrogens is 606 g/mol. The first-order chi connectivity index (χ1) is 22.4. The molecule has 12 heteroatoms. The highest BCUT2D eigenvalue weighted by atomic mass is 32.2. The molecule has 0 saturated carbocycles. The summed E-state index contributed by atoms with van der Waals surface area (Å²) in [6.45, 7) is 0.415. The number of aliphatic carboxylic acids is 1. The standard InChI is InChI=1S/C34H39N5O6S/c1-39-34(36-37-38-39)46-22-29-19-30(26-12-10-23(21-40)11-13-26)45-33(44-29)27-16-14-25(15-17-27)28-7-5-6-24(18-28)20-35-31(41)8-3-2-4-9-32(42)43/h5-7,10-18,29-30,33,40H,2-4,8-9,19-22H2,1H3,(H,35,41)(H,42,43)/t29-,30+,33+/m0/s1. The normalized spacial score (nSPS) is 17.9. The van der Waals surface area contributed by atoms with E-state index in [0.29, 0.717) is 38.0 Å². The smallest absolute Gasteiger partial charge is 0.303 e. The molecule has 1 fully saturated rings. The number of aryl methyl sites for hydroxylation is 1. The van der Waals surface area contributed by atoms with Gasteiger partial charge in [-0.15, -0.1) is 5.10 Å². The van der Waals surface area contributed by atoms with Gasteiger partial charge in [-0.25, -0.2) is 4.68 Å². The number of carbonyl (C=O) groups is 2. The van der Waals surface area contributed by atoms with Gasteiger partial charge in [-0.05, 0) is 57.2 Å². The van der Waals surface area contributed by atoms with Crippen molar-refractivity contribution in [3.05, 3.63) is 95.1 Å². The number of aromatic nitrogens is 4. The number of carboxylic acid groups (broad SMARTS) is 1. The van der Waals surface area contributed by atoms with E-state index in [2.05, 4.69) is 26.9 Å². The molecule has 242 valence electrons. The van der Waals surface area contributed by atoms with Crippen LogP contribution in [0.4, 0.5) is 0 Å².